The smallest absolute Gasteiger partial charge is 0.205 e. The van der Waals surface area contributed by atoms with Crippen LogP contribution in [0.15, 0.2) is 29.5 Å². The average Bonchev–Trinajstić information content (AvgIpc) is 2.69. The summed E-state index contributed by atoms with van der Waals surface area (Å²) in [6.07, 6.45) is 2.73. The van der Waals surface area contributed by atoms with Gasteiger partial charge in [-0.3, -0.25) is 26.2 Å². The van der Waals surface area contributed by atoms with E-state index < -0.39 is 0 Å². The zero-order valence-corrected chi connectivity index (χ0v) is 16.5. The molecule has 0 aromatic carbocycles. The van der Waals surface area contributed by atoms with E-state index >= 15 is 0 Å². The van der Waals surface area contributed by atoms with Crippen LogP contribution < -0.4 is 21.6 Å². The van der Waals surface area contributed by atoms with Crippen LogP contribution in [0, 0.1) is 0 Å². The van der Waals surface area contributed by atoms with Gasteiger partial charge in [-0.15, -0.1) is 0 Å². The van der Waals surface area contributed by atoms with Crippen molar-refractivity contribution in [3.8, 4) is 0 Å². The van der Waals surface area contributed by atoms with Crippen molar-refractivity contribution >= 4 is 40.4 Å². The molecule has 0 saturated carbocycles. The summed E-state index contributed by atoms with van der Waals surface area (Å²) in [4.78, 5) is 6.60. The maximum atomic E-state index is 5.33. The molecular formula is C16H25N7OS2. The normalized spacial score (nSPS) is 15.2. The minimum Gasteiger partial charge on any atom is -0.379 e. The molecular weight excluding hydrogens is 370 g/mol. The third-order valence-corrected chi connectivity index (χ3v) is 4.13. The van der Waals surface area contributed by atoms with Gasteiger partial charge >= 0.3 is 0 Å². The van der Waals surface area contributed by atoms with Crippen LogP contribution in [0.5, 0.6) is 0 Å². The van der Waals surface area contributed by atoms with Gasteiger partial charge in [0.2, 0.25) is 5.11 Å². The van der Waals surface area contributed by atoms with E-state index in [1.165, 1.54) is 0 Å². The Bertz CT molecular complexity index is 606. The van der Waals surface area contributed by atoms with E-state index in [1.807, 2.05) is 25.1 Å². The van der Waals surface area contributed by atoms with Gasteiger partial charge in [0.25, 0.3) is 0 Å². The van der Waals surface area contributed by atoms with Crippen molar-refractivity contribution in [2.75, 3.05) is 39.4 Å². The first-order chi connectivity index (χ1) is 12.6. The summed E-state index contributed by atoms with van der Waals surface area (Å²) in [6.45, 7) is 7.33. The number of hydrazone groups is 1. The SMILES string of the molecule is C/C(=N\NC(=S)NNC(=S)NCCCN1CCOCC1)c1ccccn1. The number of nitrogens with one attached hydrogen (secondary N) is 4. The highest BCUT2D eigenvalue weighted by molar-refractivity contribution is 7.80. The summed E-state index contributed by atoms with van der Waals surface area (Å²) in [5, 5.41) is 8.12. The molecule has 0 amide bonds. The molecule has 1 aliphatic rings. The van der Waals surface area contributed by atoms with Crippen molar-refractivity contribution in [2.24, 2.45) is 5.10 Å². The first-order valence-electron chi connectivity index (χ1n) is 8.51. The minimum atomic E-state index is 0.317. The van der Waals surface area contributed by atoms with Crippen LogP contribution in [0.2, 0.25) is 0 Å². The predicted octanol–water partition coefficient (Wildman–Crippen LogP) is 0.371. The molecule has 2 rings (SSSR count). The molecule has 2 heterocycles. The molecule has 1 saturated heterocycles. The fourth-order valence-corrected chi connectivity index (χ4v) is 2.53. The molecule has 8 nitrogen and oxygen atoms in total. The van der Waals surface area contributed by atoms with Crippen LogP contribution in [0.25, 0.3) is 0 Å². The molecule has 0 aliphatic carbocycles. The van der Waals surface area contributed by atoms with Crippen molar-refractivity contribution in [1.29, 1.82) is 0 Å². The molecule has 0 atom stereocenters. The van der Waals surface area contributed by atoms with E-state index in [0.29, 0.717) is 10.2 Å². The Morgan fingerprint density at radius 1 is 1.23 bits per heavy atom. The lowest BCUT2D eigenvalue weighted by molar-refractivity contribution is 0.0376. The number of ether oxygens (including phenoxy) is 1. The zero-order chi connectivity index (χ0) is 18.6. The lowest BCUT2D eigenvalue weighted by Gasteiger charge is -2.26. The molecule has 1 fully saturated rings. The van der Waals surface area contributed by atoms with Gasteiger partial charge in [-0.1, -0.05) is 6.07 Å². The summed E-state index contributed by atoms with van der Waals surface area (Å²) < 4.78 is 5.33. The Labute approximate surface area is 164 Å². The van der Waals surface area contributed by atoms with Crippen LogP contribution in [-0.2, 0) is 4.74 Å². The van der Waals surface area contributed by atoms with Gasteiger partial charge in [-0.25, -0.2) is 0 Å². The molecule has 10 heteroatoms. The van der Waals surface area contributed by atoms with Gasteiger partial charge in [0, 0.05) is 25.8 Å². The topological polar surface area (TPSA) is 85.8 Å². The van der Waals surface area contributed by atoms with Gasteiger partial charge < -0.3 is 10.1 Å². The number of thiocarbonyl (C=S) groups is 2. The highest BCUT2D eigenvalue weighted by atomic mass is 32.1. The summed E-state index contributed by atoms with van der Waals surface area (Å²) in [5.74, 6) is 0. The van der Waals surface area contributed by atoms with Gasteiger partial charge in [-0.2, -0.15) is 5.10 Å². The molecule has 0 unspecified atom stereocenters. The van der Waals surface area contributed by atoms with Crippen molar-refractivity contribution in [2.45, 2.75) is 13.3 Å². The summed E-state index contributed by atoms with van der Waals surface area (Å²) in [7, 11) is 0. The highest BCUT2D eigenvalue weighted by Crippen LogP contribution is 1.97. The van der Waals surface area contributed by atoms with Crippen LogP contribution in [0.1, 0.15) is 19.0 Å². The first kappa shape index (κ1) is 20.4. The predicted molar refractivity (Wildman–Crippen MR) is 111 cm³/mol. The van der Waals surface area contributed by atoms with Crippen LogP contribution in [-0.4, -0.2) is 65.2 Å². The highest BCUT2D eigenvalue weighted by Gasteiger charge is 2.09. The number of hydrazine groups is 1. The Balaban J connectivity index is 1.56. The number of morpholine rings is 1. The maximum Gasteiger partial charge on any atom is 0.205 e. The maximum absolute atomic E-state index is 5.33. The second kappa shape index (κ2) is 11.7. The third kappa shape index (κ3) is 8.00. The van der Waals surface area contributed by atoms with E-state index in [9.17, 15) is 0 Å². The van der Waals surface area contributed by atoms with Crippen molar-refractivity contribution < 1.29 is 4.74 Å². The molecule has 0 spiro atoms. The lowest BCUT2D eigenvalue weighted by Crippen LogP contribution is -2.49. The number of rotatable bonds is 6. The minimum absolute atomic E-state index is 0.317. The Kier molecular flexibility index (Phi) is 9.18. The molecule has 1 aromatic heterocycles. The first-order valence-corrected chi connectivity index (χ1v) is 9.32. The van der Waals surface area contributed by atoms with Gasteiger partial charge in [0.1, 0.15) is 0 Å². The number of aromatic nitrogens is 1. The van der Waals surface area contributed by atoms with E-state index in [1.54, 1.807) is 6.20 Å². The Morgan fingerprint density at radius 2 is 2.00 bits per heavy atom. The second-order valence-corrected chi connectivity index (χ2v) is 6.48. The van der Waals surface area contributed by atoms with Crippen molar-refractivity contribution in [1.82, 2.24) is 31.5 Å². The summed E-state index contributed by atoms with van der Waals surface area (Å²) in [5.41, 5.74) is 9.89. The molecule has 4 N–H and O–H groups in total. The zero-order valence-electron chi connectivity index (χ0n) is 14.8. The summed E-state index contributed by atoms with van der Waals surface area (Å²) in [6, 6.07) is 5.64. The monoisotopic (exact) mass is 395 g/mol. The largest absolute Gasteiger partial charge is 0.379 e. The molecule has 1 aromatic rings. The standard InChI is InChI=1S/C16H25N7OS2/c1-13(14-5-2-3-6-17-14)19-21-16(26)22-20-15(25)18-7-4-8-23-9-11-24-12-10-23/h2-3,5-6H,4,7-12H2,1H3,(H2,18,20,25)(H2,21,22,26)/b19-13+. The van der Waals surface area contributed by atoms with Crippen LogP contribution >= 0.6 is 24.4 Å². The number of nitrogens with zero attached hydrogens (tertiary/aromatic N) is 3. The third-order valence-electron chi connectivity index (χ3n) is 3.69. The molecule has 26 heavy (non-hydrogen) atoms. The number of pyridine rings is 1. The Morgan fingerprint density at radius 3 is 2.73 bits per heavy atom. The van der Waals surface area contributed by atoms with Gasteiger partial charge in [0.05, 0.1) is 24.6 Å². The fourth-order valence-electron chi connectivity index (χ4n) is 2.28. The van der Waals surface area contributed by atoms with Crippen molar-refractivity contribution in [3.63, 3.8) is 0 Å². The fraction of sp³-hybridized carbons (Fsp3) is 0.500. The quantitative estimate of drug-likeness (QED) is 0.236. The summed E-state index contributed by atoms with van der Waals surface area (Å²) >= 11 is 10.3. The molecule has 142 valence electrons. The molecule has 1 aliphatic heterocycles. The van der Waals surface area contributed by atoms with E-state index in [2.05, 4.69) is 36.6 Å². The van der Waals surface area contributed by atoms with E-state index in [-0.39, 0.29) is 0 Å². The number of hydrogen-bond acceptors (Lipinski definition) is 6. The van der Waals surface area contributed by atoms with Crippen LogP contribution in [0.4, 0.5) is 0 Å². The van der Waals surface area contributed by atoms with E-state index in [4.69, 9.17) is 29.2 Å². The lowest BCUT2D eigenvalue weighted by atomic mass is 10.3. The molecule has 0 bridgehead atoms. The van der Waals surface area contributed by atoms with Crippen LogP contribution in [0.3, 0.4) is 0 Å². The average molecular weight is 396 g/mol. The van der Waals surface area contributed by atoms with Gasteiger partial charge in [-0.05, 0) is 56.5 Å². The molecule has 0 radical (unpaired) electrons. The van der Waals surface area contributed by atoms with Crippen molar-refractivity contribution in [3.05, 3.63) is 30.1 Å². The van der Waals surface area contributed by atoms with E-state index in [0.717, 1.165) is 57.2 Å². The Hall–Kier alpha value is -1.88. The second-order valence-electron chi connectivity index (χ2n) is 5.67. The number of hydrogen-bond donors (Lipinski definition) is 4. The van der Waals surface area contributed by atoms with Gasteiger partial charge in [0.15, 0.2) is 5.11 Å².